The summed E-state index contributed by atoms with van der Waals surface area (Å²) in [5.41, 5.74) is 3.60. The molecule has 2 heterocycles. The Kier molecular flexibility index (Phi) is 4.48. The number of halogens is 1. The third-order valence-electron chi connectivity index (χ3n) is 3.33. The zero-order valence-electron chi connectivity index (χ0n) is 12.5. The lowest BCUT2D eigenvalue weighted by Crippen LogP contribution is -2.12. The second-order valence-electron chi connectivity index (χ2n) is 5.11. The lowest BCUT2D eigenvalue weighted by atomic mass is 10.1. The van der Waals surface area contributed by atoms with Gasteiger partial charge in [-0.1, -0.05) is 12.1 Å². The normalized spacial score (nSPS) is 10.3. The van der Waals surface area contributed by atoms with E-state index in [1.165, 1.54) is 0 Å². The van der Waals surface area contributed by atoms with E-state index in [0.29, 0.717) is 11.4 Å². The number of carbonyl (C=O) groups excluding carboxylic acids is 1. The van der Waals surface area contributed by atoms with Crippen molar-refractivity contribution in [1.82, 2.24) is 9.97 Å². The van der Waals surface area contributed by atoms with Crippen LogP contribution in [0.4, 0.5) is 5.82 Å². The van der Waals surface area contributed by atoms with Gasteiger partial charge >= 0.3 is 0 Å². The minimum Gasteiger partial charge on any atom is -0.307 e. The third-order valence-corrected chi connectivity index (χ3v) is 3.80. The Bertz CT molecular complexity index is 830. The summed E-state index contributed by atoms with van der Waals surface area (Å²) in [7, 11) is 0. The van der Waals surface area contributed by atoms with E-state index >= 15 is 0 Å². The summed E-state index contributed by atoms with van der Waals surface area (Å²) in [6, 6.07) is 14.9. The fraction of sp³-hybridized carbons (Fsp3) is 0.0556. The third kappa shape index (κ3) is 3.81. The molecule has 0 aliphatic heterocycles. The number of carbonyl (C=O) groups is 1. The molecule has 4 nitrogen and oxygen atoms in total. The van der Waals surface area contributed by atoms with Crippen molar-refractivity contribution < 1.29 is 4.79 Å². The molecule has 1 N–H and O–H groups in total. The Hall–Kier alpha value is -2.53. The minimum absolute atomic E-state index is 0.191. The van der Waals surface area contributed by atoms with Crippen molar-refractivity contribution in [3.05, 3.63) is 76.5 Å². The summed E-state index contributed by atoms with van der Waals surface area (Å²) in [4.78, 5) is 20.7. The van der Waals surface area contributed by atoms with Crippen LogP contribution in [0.3, 0.4) is 0 Å². The predicted molar refractivity (Wildman–Crippen MR) is 94.3 cm³/mol. The van der Waals surface area contributed by atoms with Gasteiger partial charge in [0.1, 0.15) is 5.82 Å². The van der Waals surface area contributed by atoms with Crippen LogP contribution in [0.2, 0.25) is 0 Å². The van der Waals surface area contributed by atoms with E-state index in [9.17, 15) is 4.79 Å². The molecule has 2 aromatic heterocycles. The molecule has 0 fully saturated rings. The summed E-state index contributed by atoms with van der Waals surface area (Å²) in [5.74, 6) is 0.325. The maximum absolute atomic E-state index is 12.2. The van der Waals surface area contributed by atoms with Gasteiger partial charge in [0.2, 0.25) is 0 Å². The molecule has 0 saturated carbocycles. The molecule has 23 heavy (non-hydrogen) atoms. The van der Waals surface area contributed by atoms with Crippen molar-refractivity contribution in [2.45, 2.75) is 6.92 Å². The van der Waals surface area contributed by atoms with E-state index < -0.39 is 0 Å². The molecule has 5 heteroatoms. The zero-order chi connectivity index (χ0) is 16.2. The number of pyridine rings is 2. The molecule has 0 saturated heterocycles. The summed E-state index contributed by atoms with van der Waals surface area (Å²) in [6.45, 7) is 2.03. The van der Waals surface area contributed by atoms with E-state index in [-0.39, 0.29) is 5.91 Å². The largest absolute Gasteiger partial charge is 0.307 e. The maximum Gasteiger partial charge on any atom is 0.256 e. The molecule has 0 bridgehead atoms. The molecule has 0 radical (unpaired) electrons. The second kappa shape index (κ2) is 6.71. The number of nitrogens with one attached hydrogen (secondary N) is 1. The standard InChI is InChI=1S/C18H14BrN3O/c1-12-8-9-20-16(10-12)13-2-4-14(5-3-13)18(23)22-17-7-6-15(19)11-21-17/h2-11H,1H3,(H,21,22,23). The van der Waals surface area contributed by atoms with Gasteiger partial charge < -0.3 is 5.32 Å². The van der Waals surface area contributed by atoms with Gasteiger partial charge in [0, 0.05) is 28.0 Å². The lowest BCUT2D eigenvalue weighted by molar-refractivity contribution is 0.102. The Morgan fingerprint density at radius 3 is 2.48 bits per heavy atom. The Balaban J connectivity index is 1.76. The van der Waals surface area contributed by atoms with Crippen LogP contribution < -0.4 is 5.32 Å². The highest BCUT2D eigenvalue weighted by atomic mass is 79.9. The highest BCUT2D eigenvalue weighted by molar-refractivity contribution is 9.10. The van der Waals surface area contributed by atoms with Gasteiger partial charge in [-0.2, -0.15) is 0 Å². The molecule has 3 aromatic rings. The van der Waals surface area contributed by atoms with Crippen LogP contribution in [-0.2, 0) is 0 Å². The SMILES string of the molecule is Cc1ccnc(-c2ccc(C(=O)Nc3ccc(Br)cn3)cc2)c1. The van der Waals surface area contributed by atoms with Gasteiger partial charge in [0.15, 0.2) is 0 Å². The molecule has 0 unspecified atom stereocenters. The Labute approximate surface area is 142 Å². The Morgan fingerprint density at radius 1 is 1.04 bits per heavy atom. The number of amides is 1. The zero-order valence-corrected chi connectivity index (χ0v) is 14.0. The van der Waals surface area contributed by atoms with Crippen molar-refractivity contribution >= 4 is 27.7 Å². The number of rotatable bonds is 3. The van der Waals surface area contributed by atoms with Crippen LogP contribution in [0, 0.1) is 6.92 Å². The van der Waals surface area contributed by atoms with E-state index in [1.807, 2.05) is 37.3 Å². The number of aryl methyl sites for hydroxylation is 1. The Morgan fingerprint density at radius 2 is 1.83 bits per heavy atom. The summed E-state index contributed by atoms with van der Waals surface area (Å²) < 4.78 is 0.866. The van der Waals surface area contributed by atoms with Crippen molar-refractivity contribution in [2.24, 2.45) is 0 Å². The molecule has 1 amide bonds. The molecule has 0 atom stereocenters. The molecule has 114 valence electrons. The second-order valence-corrected chi connectivity index (χ2v) is 6.03. The number of hydrogen-bond donors (Lipinski definition) is 1. The smallest absolute Gasteiger partial charge is 0.256 e. The topological polar surface area (TPSA) is 54.9 Å². The van der Waals surface area contributed by atoms with Crippen molar-refractivity contribution in [3.8, 4) is 11.3 Å². The van der Waals surface area contributed by atoms with Gasteiger partial charge in [-0.15, -0.1) is 0 Å². The molecular weight excluding hydrogens is 354 g/mol. The molecule has 3 rings (SSSR count). The number of nitrogens with zero attached hydrogens (tertiary/aromatic N) is 2. The van der Waals surface area contributed by atoms with Gasteiger partial charge in [-0.05, 0) is 64.8 Å². The van der Waals surface area contributed by atoms with Crippen molar-refractivity contribution in [2.75, 3.05) is 5.32 Å². The average molecular weight is 368 g/mol. The first-order valence-corrected chi connectivity index (χ1v) is 7.87. The van der Waals surface area contributed by atoms with Crippen LogP contribution >= 0.6 is 15.9 Å². The highest BCUT2D eigenvalue weighted by Gasteiger charge is 2.07. The molecular formula is C18H14BrN3O. The fourth-order valence-corrected chi connectivity index (χ4v) is 2.36. The first kappa shape index (κ1) is 15.4. The van der Waals surface area contributed by atoms with Gasteiger partial charge in [0.25, 0.3) is 5.91 Å². The van der Waals surface area contributed by atoms with Gasteiger partial charge in [-0.25, -0.2) is 4.98 Å². The molecule has 0 aliphatic rings. The van der Waals surface area contributed by atoms with Crippen molar-refractivity contribution in [3.63, 3.8) is 0 Å². The predicted octanol–water partition coefficient (Wildman–Crippen LogP) is 4.47. The van der Waals surface area contributed by atoms with Crippen LogP contribution in [0.25, 0.3) is 11.3 Å². The van der Waals surface area contributed by atoms with Crippen LogP contribution in [0.1, 0.15) is 15.9 Å². The van der Waals surface area contributed by atoms with Crippen LogP contribution in [0.15, 0.2) is 65.4 Å². The first-order valence-electron chi connectivity index (χ1n) is 7.08. The number of benzene rings is 1. The highest BCUT2D eigenvalue weighted by Crippen LogP contribution is 2.19. The van der Waals surface area contributed by atoms with Crippen molar-refractivity contribution in [1.29, 1.82) is 0 Å². The molecule has 1 aromatic carbocycles. The summed E-state index contributed by atoms with van der Waals surface area (Å²) in [6.07, 6.45) is 3.42. The quantitative estimate of drug-likeness (QED) is 0.742. The maximum atomic E-state index is 12.2. The first-order chi connectivity index (χ1) is 11.1. The van der Waals surface area contributed by atoms with E-state index in [4.69, 9.17) is 0 Å². The van der Waals surface area contributed by atoms with E-state index in [0.717, 1.165) is 21.3 Å². The number of aromatic nitrogens is 2. The van der Waals surface area contributed by atoms with Gasteiger partial charge in [0.05, 0.1) is 5.69 Å². The lowest BCUT2D eigenvalue weighted by Gasteiger charge is -2.06. The van der Waals surface area contributed by atoms with Gasteiger partial charge in [-0.3, -0.25) is 9.78 Å². The number of anilines is 1. The number of hydrogen-bond acceptors (Lipinski definition) is 3. The van der Waals surface area contributed by atoms with E-state index in [1.54, 1.807) is 30.6 Å². The monoisotopic (exact) mass is 367 g/mol. The molecule has 0 spiro atoms. The fourth-order valence-electron chi connectivity index (χ4n) is 2.12. The summed E-state index contributed by atoms with van der Waals surface area (Å²) in [5, 5.41) is 2.77. The average Bonchev–Trinajstić information content (AvgIpc) is 2.57. The summed E-state index contributed by atoms with van der Waals surface area (Å²) >= 11 is 3.31. The van der Waals surface area contributed by atoms with Crippen LogP contribution in [-0.4, -0.2) is 15.9 Å². The molecule has 0 aliphatic carbocycles. The minimum atomic E-state index is -0.191. The van der Waals surface area contributed by atoms with Crippen LogP contribution in [0.5, 0.6) is 0 Å². The van der Waals surface area contributed by atoms with E-state index in [2.05, 4.69) is 31.2 Å².